The van der Waals surface area contributed by atoms with Crippen LogP contribution in [0.15, 0.2) is 24.3 Å². The number of benzene rings is 1. The maximum absolute atomic E-state index is 12.5. The fraction of sp³-hybridized carbons (Fsp3) is 0.588. The van der Waals surface area contributed by atoms with Crippen molar-refractivity contribution in [3.8, 4) is 0 Å². The zero-order valence-electron chi connectivity index (χ0n) is 12.7. The van der Waals surface area contributed by atoms with Crippen LogP contribution < -0.4 is 0 Å². The minimum absolute atomic E-state index is 0.0914. The van der Waals surface area contributed by atoms with E-state index in [1.807, 2.05) is 29.2 Å². The van der Waals surface area contributed by atoms with Gasteiger partial charge in [-0.2, -0.15) is 0 Å². The Kier molecular flexibility index (Phi) is 5.34. The molecule has 5 heteroatoms. The number of carbonyl (C=O) groups excluding carboxylic acids is 1. The second kappa shape index (κ2) is 7.44. The molecule has 0 radical (unpaired) electrons. The van der Waals surface area contributed by atoms with Crippen LogP contribution in [0.1, 0.15) is 37.4 Å². The molecule has 2 aliphatic rings. The van der Waals surface area contributed by atoms with Crippen molar-refractivity contribution < 1.29 is 14.3 Å². The third-order valence-corrected chi connectivity index (χ3v) is 4.55. The van der Waals surface area contributed by atoms with Crippen LogP contribution in [0.5, 0.6) is 0 Å². The molecule has 2 aliphatic heterocycles. The van der Waals surface area contributed by atoms with Crippen molar-refractivity contribution in [2.75, 3.05) is 26.3 Å². The number of ether oxygens (including phenoxy) is 2. The van der Waals surface area contributed by atoms with Crippen LogP contribution in [-0.4, -0.2) is 43.2 Å². The van der Waals surface area contributed by atoms with Gasteiger partial charge < -0.3 is 14.4 Å². The fourth-order valence-electron chi connectivity index (χ4n) is 3.08. The lowest BCUT2D eigenvalue weighted by atomic mass is 10.0. The van der Waals surface area contributed by atoms with Crippen molar-refractivity contribution in [1.29, 1.82) is 0 Å². The SMILES string of the molecule is O=C(CC1CCCCO1)N1CCOC(c2cccc(Cl)c2)C1. The highest BCUT2D eigenvalue weighted by atomic mass is 35.5. The van der Waals surface area contributed by atoms with Gasteiger partial charge in [0.05, 0.1) is 25.7 Å². The summed E-state index contributed by atoms with van der Waals surface area (Å²) in [6.07, 6.45) is 3.75. The van der Waals surface area contributed by atoms with Crippen molar-refractivity contribution in [1.82, 2.24) is 4.90 Å². The van der Waals surface area contributed by atoms with Crippen LogP contribution in [0.3, 0.4) is 0 Å². The number of nitrogens with zero attached hydrogens (tertiary/aromatic N) is 1. The molecule has 1 amide bonds. The van der Waals surface area contributed by atoms with Gasteiger partial charge in [0.25, 0.3) is 0 Å². The Morgan fingerprint density at radius 1 is 1.27 bits per heavy atom. The Hall–Kier alpha value is -1.10. The molecule has 0 bridgehead atoms. The van der Waals surface area contributed by atoms with Gasteiger partial charge in [-0.05, 0) is 37.0 Å². The van der Waals surface area contributed by atoms with Crippen LogP contribution in [0, 0.1) is 0 Å². The van der Waals surface area contributed by atoms with Gasteiger partial charge in [0.15, 0.2) is 0 Å². The molecule has 0 aliphatic carbocycles. The minimum atomic E-state index is -0.0938. The molecule has 0 saturated carbocycles. The lowest BCUT2D eigenvalue weighted by Gasteiger charge is -2.34. The van der Waals surface area contributed by atoms with Crippen LogP contribution in [0.25, 0.3) is 0 Å². The third kappa shape index (κ3) is 4.00. The predicted molar refractivity (Wildman–Crippen MR) is 84.9 cm³/mol. The summed E-state index contributed by atoms with van der Waals surface area (Å²) in [6.45, 7) is 2.59. The fourth-order valence-corrected chi connectivity index (χ4v) is 3.28. The number of halogens is 1. The molecular formula is C17H22ClNO3. The van der Waals surface area contributed by atoms with Gasteiger partial charge in [-0.15, -0.1) is 0 Å². The van der Waals surface area contributed by atoms with E-state index in [1.165, 1.54) is 0 Å². The summed E-state index contributed by atoms with van der Waals surface area (Å²) in [4.78, 5) is 14.4. The molecule has 2 unspecified atom stereocenters. The van der Waals surface area contributed by atoms with Crippen LogP contribution in [0.2, 0.25) is 5.02 Å². The van der Waals surface area contributed by atoms with E-state index >= 15 is 0 Å². The zero-order chi connectivity index (χ0) is 15.4. The second-order valence-corrected chi connectivity index (χ2v) is 6.38. The number of hydrogen-bond acceptors (Lipinski definition) is 3. The molecule has 2 heterocycles. The van der Waals surface area contributed by atoms with Crippen LogP contribution in [-0.2, 0) is 14.3 Å². The van der Waals surface area contributed by atoms with E-state index in [9.17, 15) is 4.79 Å². The van der Waals surface area contributed by atoms with E-state index in [4.69, 9.17) is 21.1 Å². The maximum Gasteiger partial charge on any atom is 0.225 e. The average Bonchev–Trinajstić information content (AvgIpc) is 2.56. The van der Waals surface area contributed by atoms with Crippen molar-refractivity contribution >= 4 is 17.5 Å². The Morgan fingerprint density at radius 3 is 2.95 bits per heavy atom. The van der Waals surface area contributed by atoms with Gasteiger partial charge >= 0.3 is 0 Å². The second-order valence-electron chi connectivity index (χ2n) is 5.95. The summed E-state index contributed by atoms with van der Waals surface area (Å²) < 4.78 is 11.5. The van der Waals surface area contributed by atoms with Gasteiger partial charge in [-0.25, -0.2) is 0 Å². The normalized spacial score (nSPS) is 26.0. The van der Waals surface area contributed by atoms with Crippen molar-refractivity contribution in [3.63, 3.8) is 0 Å². The molecule has 0 aromatic heterocycles. The lowest BCUT2D eigenvalue weighted by Crippen LogP contribution is -2.43. The molecule has 2 saturated heterocycles. The van der Waals surface area contributed by atoms with E-state index in [2.05, 4.69) is 0 Å². The van der Waals surface area contributed by atoms with Gasteiger partial charge in [0.2, 0.25) is 5.91 Å². The van der Waals surface area contributed by atoms with Crippen molar-refractivity contribution in [2.24, 2.45) is 0 Å². The number of carbonyl (C=O) groups is 1. The van der Waals surface area contributed by atoms with Crippen molar-refractivity contribution in [2.45, 2.75) is 37.9 Å². The van der Waals surface area contributed by atoms with Gasteiger partial charge in [0, 0.05) is 18.2 Å². The van der Waals surface area contributed by atoms with E-state index < -0.39 is 0 Å². The lowest BCUT2D eigenvalue weighted by molar-refractivity contribution is -0.142. The molecule has 1 aromatic rings. The number of hydrogen-bond donors (Lipinski definition) is 0. The quantitative estimate of drug-likeness (QED) is 0.857. The van der Waals surface area contributed by atoms with Crippen LogP contribution >= 0.6 is 11.6 Å². The highest BCUT2D eigenvalue weighted by Crippen LogP contribution is 2.25. The maximum atomic E-state index is 12.5. The number of rotatable bonds is 3. The summed E-state index contributed by atoms with van der Waals surface area (Å²) >= 11 is 6.04. The summed E-state index contributed by atoms with van der Waals surface area (Å²) in [5, 5.41) is 0.695. The summed E-state index contributed by atoms with van der Waals surface area (Å²) in [5.41, 5.74) is 1.03. The van der Waals surface area contributed by atoms with E-state index in [-0.39, 0.29) is 18.1 Å². The monoisotopic (exact) mass is 323 g/mol. The molecule has 0 spiro atoms. The first-order valence-electron chi connectivity index (χ1n) is 7.99. The van der Waals surface area contributed by atoms with Gasteiger partial charge in [0.1, 0.15) is 6.10 Å². The molecule has 4 nitrogen and oxygen atoms in total. The Bertz CT molecular complexity index is 516. The summed E-state index contributed by atoms with van der Waals surface area (Å²) in [5.74, 6) is 0.169. The first kappa shape index (κ1) is 15.8. The largest absolute Gasteiger partial charge is 0.378 e. The smallest absolute Gasteiger partial charge is 0.225 e. The highest BCUT2D eigenvalue weighted by Gasteiger charge is 2.27. The average molecular weight is 324 g/mol. The molecule has 2 fully saturated rings. The number of amides is 1. The molecule has 22 heavy (non-hydrogen) atoms. The molecular weight excluding hydrogens is 302 g/mol. The third-order valence-electron chi connectivity index (χ3n) is 4.32. The Balaban J connectivity index is 1.58. The highest BCUT2D eigenvalue weighted by molar-refractivity contribution is 6.30. The van der Waals surface area contributed by atoms with Crippen LogP contribution in [0.4, 0.5) is 0 Å². The Morgan fingerprint density at radius 2 is 2.18 bits per heavy atom. The summed E-state index contributed by atoms with van der Waals surface area (Å²) in [6, 6.07) is 7.66. The number of morpholine rings is 1. The standard InChI is InChI=1S/C17H22ClNO3/c18-14-5-3-4-13(10-14)16-12-19(7-9-22-16)17(20)11-15-6-1-2-8-21-15/h3-5,10,15-16H,1-2,6-9,11-12H2. The minimum Gasteiger partial charge on any atom is -0.378 e. The summed E-state index contributed by atoms with van der Waals surface area (Å²) in [7, 11) is 0. The zero-order valence-corrected chi connectivity index (χ0v) is 13.4. The Labute approximate surface area is 136 Å². The topological polar surface area (TPSA) is 38.8 Å². The van der Waals surface area contributed by atoms with Crippen molar-refractivity contribution in [3.05, 3.63) is 34.9 Å². The first-order valence-corrected chi connectivity index (χ1v) is 8.36. The van der Waals surface area contributed by atoms with Gasteiger partial charge in [-0.1, -0.05) is 23.7 Å². The predicted octanol–water partition coefficient (Wildman–Crippen LogP) is 3.20. The molecule has 1 aromatic carbocycles. The van der Waals surface area contributed by atoms with E-state index in [0.29, 0.717) is 31.1 Å². The molecule has 3 rings (SSSR count). The van der Waals surface area contributed by atoms with Gasteiger partial charge in [-0.3, -0.25) is 4.79 Å². The van der Waals surface area contributed by atoms with E-state index in [0.717, 1.165) is 31.4 Å². The molecule has 120 valence electrons. The molecule has 2 atom stereocenters. The first-order chi connectivity index (χ1) is 10.7. The van der Waals surface area contributed by atoms with E-state index in [1.54, 1.807) is 0 Å². The molecule has 0 N–H and O–H groups in total.